The van der Waals surface area contributed by atoms with E-state index in [0.717, 1.165) is 28.1 Å². The molecule has 0 heterocycles. The number of anilines is 2. The van der Waals surface area contributed by atoms with Gasteiger partial charge in [0.15, 0.2) is 0 Å². The van der Waals surface area contributed by atoms with Crippen molar-refractivity contribution in [3.63, 3.8) is 0 Å². The Hall–Kier alpha value is -4.10. The number of fused-ring (bicyclic) bond motifs is 2. The summed E-state index contributed by atoms with van der Waals surface area (Å²) in [4.78, 5) is 0. The van der Waals surface area contributed by atoms with E-state index in [2.05, 4.69) is 128 Å². The summed E-state index contributed by atoms with van der Waals surface area (Å²) in [6.07, 6.45) is 4.22. The molecule has 0 spiro atoms. The maximum atomic E-state index is 4.58. The van der Waals surface area contributed by atoms with Gasteiger partial charge >= 0.3 is 0 Å². The van der Waals surface area contributed by atoms with E-state index in [-0.39, 0.29) is 0 Å². The smallest absolute Gasteiger partial charge is 0.0470 e. The Kier molecular flexibility index (Phi) is 5.54. The van der Waals surface area contributed by atoms with Crippen LogP contribution in [-0.4, -0.2) is 0 Å². The van der Waals surface area contributed by atoms with Crippen LogP contribution in [0.5, 0.6) is 0 Å². The quantitative estimate of drug-likeness (QED) is 0.296. The molecule has 1 N–H and O–H groups in total. The SMILES string of the molecule is C=C(c1ccccc1/C=C\C)c1c(Nc2ccc3cc(C)ccc3c2)ccc2ccccc12. The molecule has 0 saturated heterocycles. The van der Waals surface area contributed by atoms with Crippen LogP contribution in [-0.2, 0) is 0 Å². The molecule has 0 amide bonds. The van der Waals surface area contributed by atoms with Gasteiger partial charge in [-0.1, -0.05) is 103 Å². The molecule has 33 heavy (non-hydrogen) atoms. The van der Waals surface area contributed by atoms with Crippen molar-refractivity contribution < 1.29 is 0 Å². The van der Waals surface area contributed by atoms with E-state index in [9.17, 15) is 0 Å². The number of benzene rings is 5. The van der Waals surface area contributed by atoms with Crippen molar-refractivity contribution in [2.45, 2.75) is 13.8 Å². The van der Waals surface area contributed by atoms with Gasteiger partial charge in [0.05, 0.1) is 0 Å². The fourth-order valence-corrected chi connectivity index (χ4v) is 4.53. The molecule has 0 aliphatic rings. The number of hydrogen-bond donors (Lipinski definition) is 1. The summed E-state index contributed by atoms with van der Waals surface area (Å²) in [5.41, 5.74) is 7.86. The van der Waals surface area contributed by atoms with Crippen molar-refractivity contribution in [3.8, 4) is 0 Å². The molecule has 0 unspecified atom stereocenters. The maximum absolute atomic E-state index is 4.58. The van der Waals surface area contributed by atoms with Crippen LogP contribution in [0.4, 0.5) is 11.4 Å². The highest BCUT2D eigenvalue weighted by molar-refractivity contribution is 6.04. The first kappa shape index (κ1) is 20.8. The summed E-state index contributed by atoms with van der Waals surface area (Å²) in [6, 6.07) is 34.4. The predicted molar refractivity (Wildman–Crippen MR) is 145 cm³/mol. The van der Waals surface area contributed by atoms with Gasteiger partial charge in [-0.15, -0.1) is 0 Å². The number of rotatable bonds is 5. The molecular weight excluding hydrogens is 398 g/mol. The summed E-state index contributed by atoms with van der Waals surface area (Å²) < 4.78 is 0. The molecule has 1 heteroatoms. The Morgan fingerprint density at radius 1 is 0.758 bits per heavy atom. The van der Waals surface area contributed by atoms with Gasteiger partial charge in [-0.05, 0) is 70.3 Å². The van der Waals surface area contributed by atoms with Gasteiger partial charge in [-0.3, -0.25) is 0 Å². The van der Waals surface area contributed by atoms with Crippen LogP contribution in [0.1, 0.15) is 29.2 Å². The van der Waals surface area contributed by atoms with Crippen molar-refractivity contribution >= 4 is 44.6 Å². The lowest BCUT2D eigenvalue weighted by Gasteiger charge is -2.19. The third-order valence-corrected chi connectivity index (χ3v) is 6.14. The normalized spacial score (nSPS) is 11.3. The average Bonchev–Trinajstić information content (AvgIpc) is 2.84. The van der Waals surface area contributed by atoms with Crippen molar-refractivity contribution in [3.05, 3.63) is 132 Å². The zero-order valence-corrected chi connectivity index (χ0v) is 19.1. The molecule has 160 valence electrons. The first-order valence-corrected chi connectivity index (χ1v) is 11.3. The minimum Gasteiger partial charge on any atom is -0.355 e. The number of hydrogen-bond acceptors (Lipinski definition) is 1. The van der Waals surface area contributed by atoms with E-state index < -0.39 is 0 Å². The lowest BCUT2D eigenvalue weighted by molar-refractivity contribution is 1.50. The number of nitrogens with one attached hydrogen (secondary N) is 1. The summed E-state index contributed by atoms with van der Waals surface area (Å²) >= 11 is 0. The minimum atomic E-state index is 1.01. The molecule has 0 radical (unpaired) electrons. The molecule has 5 aromatic carbocycles. The zero-order chi connectivity index (χ0) is 22.8. The van der Waals surface area contributed by atoms with Crippen molar-refractivity contribution in [2.24, 2.45) is 0 Å². The molecule has 0 saturated carbocycles. The molecule has 5 aromatic rings. The molecule has 0 fully saturated rings. The Balaban J connectivity index is 1.65. The fraction of sp³-hybridized carbons (Fsp3) is 0.0625. The summed E-state index contributed by atoms with van der Waals surface area (Å²) in [5, 5.41) is 8.57. The van der Waals surface area contributed by atoms with Gasteiger partial charge in [0, 0.05) is 16.9 Å². The highest BCUT2D eigenvalue weighted by atomic mass is 14.9. The highest BCUT2D eigenvalue weighted by Crippen LogP contribution is 2.38. The van der Waals surface area contributed by atoms with Crippen LogP contribution in [0, 0.1) is 6.92 Å². The van der Waals surface area contributed by atoms with Crippen LogP contribution < -0.4 is 5.32 Å². The zero-order valence-electron chi connectivity index (χ0n) is 19.1. The maximum Gasteiger partial charge on any atom is 0.0470 e. The Labute approximate surface area is 195 Å². The van der Waals surface area contributed by atoms with Gasteiger partial charge in [-0.2, -0.15) is 0 Å². The Bertz CT molecular complexity index is 1520. The largest absolute Gasteiger partial charge is 0.355 e. The van der Waals surface area contributed by atoms with Gasteiger partial charge in [0.2, 0.25) is 0 Å². The van der Waals surface area contributed by atoms with Gasteiger partial charge in [0.25, 0.3) is 0 Å². The Morgan fingerprint density at radius 3 is 2.36 bits per heavy atom. The van der Waals surface area contributed by atoms with Crippen molar-refractivity contribution in [1.82, 2.24) is 0 Å². The molecule has 0 aromatic heterocycles. The highest BCUT2D eigenvalue weighted by Gasteiger charge is 2.15. The van der Waals surface area contributed by atoms with E-state index >= 15 is 0 Å². The van der Waals surface area contributed by atoms with E-state index in [1.54, 1.807) is 0 Å². The van der Waals surface area contributed by atoms with Crippen LogP contribution in [0.25, 0.3) is 33.2 Å². The van der Waals surface area contributed by atoms with E-state index in [1.165, 1.54) is 32.7 Å². The Morgan fingerprint density at radius 2 is 1.48 bits per heavy atom. The first-order valence-electron chi connectivity index (χ1n) is 11.3. The molecule has 1 nitrogen and oxygen atoms in total. The number of aryl methyl sites for hydroxylation is 1. The second-order valence-corrected chi connectivity index (χ2v) is 8.47. The molecule has 0 aliphatic heterocycles. The van der Waals surface area contributed by atoms with Gasteiger partial charge in [-0.25, -0.2) is 0 Å². The van der Waals surface area contributed by atoms with Crippen LogP contribution in [0.15, 0.2) is 110 Å². The summed E-state index contributed by atoms with van der Waals surface area (Å²) in [6.45, 7) is 8.75. The number of allylic oxidation sites excluding steroid dienone is 1. The predicted octanol–water partition coefficient (Wildman–Crippen LogP) is 9.14. The van der Waals surface area contributed by atoms with Crippen molar-refractivity contribution in [1.29, 1.82) is 0 Å². The molecular formula is C32H27N. The summed E-state index contributed by atoms with van der Waals surface area (Å²) in [7, 11) is 0. The van der Waals surface area contributed by atoms with E-state index in [0.29, 0.717) is 0 Å². The van der Waals surface area contributed by atoms with Gasteiger partial charge in [0.1, 0.15) is 0 Å². The lowest BCUT2D eigenvalue weighted by atomic mass is 9.90. The molecule has 0 bridgehead atoms. The fourth-order valence-electron chi connectivity index (χ4n) is 4.53. The van der Waals surface area contributed by atoms with Crippen LogP contribution in [0.2, 0.25) is 0 Å². The third kappa shape index (κ3) is 4.06. The van der Waals surface area contributed by atoms with Crippen LogP contribution in [0.3, 0.4) is 0 Å². The topological polar surface area (TPSA) is 12.0 Å². The second kappa shape index (κ2) is 8.80. The minimum absolute atomic E-state index is 1.01. The first-order chi connectivity index (χ1) is 16.1. The average molecular weight is 426 g/mol. The van der Waals surface area contributed by atoms with E-state index in [1.807, 2.05) is 6.92 Å². The monoisotopic (exact) mass is 425 g/mol. The standard InChI is InChI=1S/C32H27N/c1-4-9-24-10-5-7-12-29(24)23(3)32-30-13-8-6-11-25(30)17-19-31(32)33-28-18-16-26-20-22(2)14-15-27(26)21-28/h4-21,33H,3H2,1-2H3/b9-4-. The van der Waals surface area contributed by atoms with Crippen LogP contribution >= 0.6 is 0 Å². The lowest BCUT2D eigenvalue weighted by Crippen LogP contribution is -1.99. The molecule has 0 aliphatic carbocycles. The molecule has 5 rings (SSSR count). The van der Waals surface area contributed by atoms with Crippen molar-refractivity contribution in [2.75, 3.05) is 5.32 Å². The third-order valence-electron chi connectivity index (χ3n) is 6.14. The summed E-state index contributed by atoms with van der Waals surface area (Å²) in [5.74, 6) is 0. The van der Waals surface area contributed by atoms with E-state index in [4.69, 9.17) is 0 Å². The second-order valence-electron chi connectivity index (χ2n) is 8.47. The molecule has 0 atom stereocenters. The van der Waals surface area contributed by atoms with Gasteiger partial charge < -0.3 is 5.32 Å².